The quantitative estimate of drug-likeness (QED) is 0.719. The monoisotopic (exact) mass is 293 g/mol. The molecule has 19 heavy (non-hydrogen) atoms. The Labute approximate surface area is 114 Å². The van der Waals surface area contributed by atoms with Crippen molar-refractivity contribution in [3.63, 3.8) is 0 Å². The average molecular weight is 293 g/mol. The number of aliphatic hydroxyl groups excluding tert-OH is 1. The Bertz CT molecular complexity index is 406. The number of carbonyl (C=O) groups is 1. The first-order valence-corrected chi connectivity index (χ1v) is 8.17. The van der Waals surface area contributed by atoms with Gasteiger partial charge in [-0.05, 0) is 33.1 Å². The highest BCUT2D eigenvalue weighted by Gasteiger charge is 2.44. The second kappa shape index (κ2) is 6.67. The van der Waals surface area contributed by atoms with E-state index in [0.717, 1.165) is 0 Å². The minimum Gasteiger partial charge on any atom is -0.481 e. The second-order valence-electron chi connectivity index (χ2n) is 5.24. The van der Waals surface area contributed by atoms with E-state index in [1.54, 1.807) is 13.8 Å². The summed E-state index contributed by atoms with van der Waals surface area (Å²) in [6.45, 7) is 3.68. The summed E-state index contributed by atoms with van der Waals surface area (Å²) in [5, 5.41) is 17.1. The zero-order chi connectivity index (χ0) is 14.6. The summed E-state index contributed by atoms with van der Waals surface area (Å²) in [7, 11) is -3.63. The lowest BCUT2D eigenvalue weighted by molar-refractivity contribution is -0.141. The van der Waals surface area contributed by atoms with Gasteiger partial charge in [-0.2, -0.15) is 4.31 Å². The number of carboxylic acid groups (broad SMARTS) is 1. The fourth-order valence-corrected chi connectivity index (χ4v) is 5.10. The normalized spacial score (nSPS) is 24.3. The lowest BCUT2D eigenvalue weighted by Gasteiger charge is -2.30. The van der Waals surface area contributed by atoms with Crippen molar-refractivity contribution in [3.8, 4) is 0 Å². The van der Waals surface area contributed by atoms with Crippen molar-refractivity contribution in [2.24, 2.45) is 5.92 Å². The zero-order valence-corrected chi connectivity index (χ0v) is 12.3. The van der Waals surface area contributed by atoms with Crippen molar-refractivity contribution in [1.29, 1.82) is 0 Å². The Morgan fingerprint density at radius 2 is 2.00 bits per heavy atom. The molecule has 0 radical (unpaired) electrons. The number of nitrogens with zero attached hydrogens (tertiary/aromatic N) is 1. The van der Waals surface area contributed by atoms with E-state index in [4.69, 9.17) is 10.2 Å². The molecule has 1 fully saturated rings. The van der Waals surface area contributed by atoms with Crippen LogP contribution >= 0.6 is 0 Å². The Kier molecular flexibility index (Phi) is 5.76. The highest BCUT2D eigenvalue weighted by atomic mass is 32.2. The molecule has 0 aromatic rings. The molecule has 0 aromatic heterocycles. The molecule has 0 heterocycles. The maximum atomic E-state index is 12.6. The number of aliphatic carboxylic acids is 1. The smallest absolute Gasteiger partial charge is 0.307 e. The molecule has 0 aliphatic heterocycles. The highest BCUT2D eigenvalue weighted by Crippen LogP contribution is 2.33. The van der Waals surface area contributed by atoms with Gasteiger partial charge in [0.1, 0.15) is 0 Å². The SMILES string of the molecule is CC(C)N(CCCO)S(=O)(=O)C1CCCC1C(=O)O. The fraction of sp³-hybridized carbons (Fsp3) is 0.917. The molecule has 6 nitrogen and oxygen atoms in total. The minimum absolute atomic E-state index is 0.0776. The maximum absolute atomic E-state index is 12.6. The molecule has 2 N–H and O–H groups in total. The Balaban J connectivity index is 2.96. The van der Waals surface area contributed by atoms with Gasteiger partial charge in [-0.3, -0.25) is 4.79 Å². The molecule has 112 valence electrons. The van der Waals surface area contributed by atoms with Crippen molar-refractivity contribution in [3.05, 3.63) is 0 Å². The van der Waals surface area contributed by atoms with Crippen LogP contribution in [0.5, 0.6) is 0 Å². The van der Waals surface area contributed by atoms with Gasteiger partial charge in [0.25, 0.3) is 0 Å². The molecule has 1 rings (SSSR count). The summed E-state index contributed by atoms with van der Waals surface area (Å²) in [5.74, 6) is -1.84. The predicted molar refractivity (Wildman–Crippen MR) is 71.2 cm³/mol. The van der Waals surface area contributed by atoms with Crippen LogP contribution in [0.25, 0.3) is 0 Å². The van der Waals surface area contributed by atoms with Gasteiger partial charge in [-0.25, -0.2) is 8.42 Å². The topological polar surface area (TPSA) is 94.9 Å². The van der Waals surface area contributed by atoms with E-state index >= 15 is 0 Å². The third-order valence-electron chi connectivity index (χ3n) is 3.59. The van der Waals surface area contributed by atoms with Gasteiger partial charge in [-0.15, -0.1) is 0 Å². The summed E-state index contributed by atoms with van der Waals surface area (Å²) in [4.78, 5) is 11.1. The summed E-state index contributed by atoms with van der Waals surface area (Å²) in [6, 6.07) is -0.230. The first kappa shape index (κ1) is 16.4. The molecular formula is C12H23NO5S. The molecule has 7 heteroatoms. The first-order valence-electron chi connectivity index (χ1n) is 6.66. The number of rotatable bonds is 7. The summed E-state index contributed by atoms with van der Waals surface area (Å²) in [6.07, 6.45) is 1.82. The zero-order valence-electron chi connectivity index (χ0n) is 11.4. The number of hydrogen-bond donors (Lipinski definition) is 2. The van der Waals surface area contributed by atoms with E-state index in [0.29, 0.717) is 25.7 Å². The van der Waals surface area contributed by atoms with Crippen molar-refractivity contribution in [2.45, 2.75) is 50.8 Å². The number of carboxylic acids is 1. The van der Waals surface area contributed by atoms with Gasteiger partial charge in [-0.1, -0.05) is 6.42 Å². The van der Waals surface area contributed by atoms with Gasteiger partial charge >= 0.3 is 5.97 Å². The molecule has 0 saturated heterocycles. The van der Waals surface area contributed by atoms with Crippen molar-refractivity contribution < 1.29 is 23.4 Å². The maximum Gasteiger partial charge on any atom is 0.307 e. The molecular weight excluding hydrogens is 270 g/mol. The number of sulfonamides is 1. The third kappa shape index (κ3) is 3.67. The first-order chi connectivity index (χ1) is 8.82. The van der Waals surface area contributed by atoms with Crippen LogP contribution in [0.3, 0.4) is 0 Å². The van der Waals surface area contributed by atoms with Gasteiger partial charge in [0.15, 0.2) is 0 Å². The van der Waals surface area contributed by atoms with Gasteiger partial charge in [0, 0.05) is 19.2 Å². The van der Waals surface area contributed by atoms with Crippen LogP contribution in [0.15, 0.2) is 0 Å². The van der Waals surface area contributed by atoms with Gasteiger partial charge < -0.3 is 10.2 Å². The van der Waals surface area contributed by atoms with Crippen LogP contribution in [-0.2, 0) is 14.8 Å². The van der Waals surface area contributed by atoms with Crippen LogP contribution in [0.4, 0.5) is 0 Å². The second-order valence-corrected chi connectivity index (χ2v) is 7.35. The number of aliphatic hydroxyl groups is 1. The summed E-state index contributed by atoms with van der Waals surface area (Å²) in [5.41, 5.74) is 0. The van der Waals surface area contributed by atoms with E-state index in [-0.39, 0.29) is 19.2 Å². The van der Waals surface area contributed by atoms with Crippen molar-refractivity contribution >= 4 is 16.0 Å². The molecule has 0 aromatic carbocycles. The Morgan fingerprint density at radius 1 is 1.37 bits per heavy atom. The van der Waals surface area contributed by atoms with Crippen molar-refractivity contribution in [1.82, 2.24) is 4.31 Å². The van der Waals surface area contributed by atoms with E-state index in [1.807, 2.05) is 0 Å². The Morgan fingerprint density at radius 3 is 2.47 bits per heavy atom. The van der Waals surface area contributed by atoms with E-state index in [9.17, 15) is 13.2 Å². The van der Waals surface area contributed by atoms with Crippen LogP contribution in [-0.4, -0.2) is 53.3 Å². The molecule has 1 saturated carbocycles. The fourth-order valence-electron chi connectivity index (χ4n) is 2.64. The summed E-state index contributed by atoms with van der Waals surface area (Å²) >= 11 is 0. The molecule has 2 unspecified atom stereocenters. The summed E-state index contributed by atoms with van der Waals surface area (Å²) < 4.78 is 26.5. The molecule has 1 aliphatic carbocycles. The van der Waals surface area contributed by atoms with E-state index < -0.39 is 27.2 Å². The Hall–Kier alpha value is -0.660. The van der Waals surface area contributed by atoms with Crippen LogP contribution in [0.2, 0.25) is 0 Å². The number of hydrogen-bond acceptors (Lipinski definition) is 4. The standard InChI is InChI=1S/C12H23NO5S/c1-9(2)13(7-4-8-14)19(17,18)11-6-3-5-10(11)12(15)16/h9-11,14H,3-8H2,1-2H3,(H,15,16). The van der Waals surface area contributed by atoms with Gasteiger partial charge in [0.05, 0.1) is 11.2 Å². The molecule has 1 aliphatic rings. The lowest BCUT2D eigenvalue weighted by Crippen LogP contribution is -2.46. The van der Waals surface area contributed by atoms with E-state index in [1.165, 1.54) is 4.31 Å². The molecule has 2 atom stereocenters. The molecule has 0 spiro atoms. The highest BCUT2D eigenvalue weighted by molar-refractivity contribution is 7.89. The lowest BCUT2D eigenvalue weighted by atomic mass is 10.1. The minimum atomic E-state index is -3.63. The van der Waals surface area contributed by atoms with Crippen LogP contribution in [0.1, 0.15) is 39.5 Å². The van der Waals surface area contributed by atoms with Crippen LogP contribution in [0, 0.1) is 5.92 Å². The largest absolute Gasteiger partial charge is 0.481 e. The van der Waals surface area contributed by atoms with E-state index in [2.05, 4.69) is 0 Å². The van der Waals surface area contributed by atoms with Crippen LogP contribution < -0.4 is 0 Å². The van der Waals surface area contributed by atoms with Gasteiger partial charge in [0.2, 0.25) is 10.0 Å². The predicted octanol–water partition coefficient (Wildman–Crippen LogP) is 0.662. The average Bonchev–Trinajstić information content (AvgIpc) is 2.78. The third-order valence-corrected chi connectivity index (χ3v) is 6.18. The van der Waals surface area contributed by atoms with Crippen molar-refractivity contribution in [2.75, 3.05) is 13.2 Å². The molecule has 0 amide bonds. The molecule has 0 bridgehead atoms.